The Hall–Kier alpha value is -1.97. The van der Waals surface area contributed by atoms with Crippen molar-refractivity contribution >= 4 is 17.7 Å². The van der Waals surface area contributed by atoms with Crippen molar-refractivity contribution in [1.82, 2.24) is 0 Å². The lowest BCUT2D eigenvalue weighted by molar-refractivity contribution is -0.137. The number of esters is 1. The summed E-state index contributed by atoms with van der Waals surface area (Å²) in [5.74, 6) is -0.368. The second-order valence-electron chi connectivity index (χ2n) is 2.90. The van der Waals surface area contributed by atoms with E-state index in [2.05, 4.69) is 0 Å². The van der Waals surface area contributed by atoms with Gasteiger partial charge < -0.3 is 15.6 Å². The lowest BCUT2D eigenvalue weighted by Gasteiger charge is -1.99. The summed E-state index contributed by atoms with van der Waals surface area (Å²) in [5, 5.41) is 9.16. The summed E-state index contributed by atoms with van der Waals surface area (Å²) in [4.78, 5) is 11.0. The van der Waals surface area contributed by atoms with E-state index in [0.29, 0.717) is 6.61 Å². The van der Waals surface area contributed by atoms with E-state index in [1.54, 1.807) is 25.1 Å². The highest BCUT2D eigenvalue weighted by atomic mass is 16.5. The minimum atomic E-state index is -0.399. The molecule has 0 aromatic heterocycles. The molecule has 0 fully saturated rings. The van der Waals surface area contributed by atoms with Crippen LogP contribution in [0.15, 0.2) is 24.3 Å². The first-order chi connectivity index (χ1) is 7.13. The van der Waals surface area contributed by atoms with Crippen LogP contribution in [0.2, 0.25) is 0 Å². The second kappa shape index (κ2) is 5.05. The molecular weight excluding hydrogens is 194 g/mol. The fourth-order valence-corrected chi connectivity index (χ4v) is 1.03. The summed E-state index contributed by atoms with van der Waals surface area (Å²) in [6.45, 7) is 2.09. The third kappa shape index (κ3) is 3.34. The van der Waals surface area contributed by atoms with Crippen LogP contribution in [0.3, 0.4) is 0 Å². The van der Waals surface area contributed by atoms with Gasteiger partial charge in [-0.05, 0) is 30.7 Å². The zero-order valence-corrected chi connectivity index (χ0v) is 8.43. The number of phenolic OH excluding ortho intramolecular Hbond substituents is 1. The maximum Gasteiger partial charge on any atom is 0.330 e. The number of nitrogen functional groups attached to an aromatic ring is 1. The molecule has 4 nitrogen and oxygen atoms in total. The lowest BCUT2D eigenvalue weighted by Crippen LogP contribution is -1.98. The van der Waals surface area contributed by atoms with Crippen LogP contribution in [-0.4, -0.2) is 17.7 Å². The maximum absolute atomic E-state index is 11.0. The molecule has 0 saturated heterocycles. The standard InChI is InChI=1S/C11H13NO3/c1-2-15-11(14)6-4-8-3-5-10(13)9(12)7-8/h3-7,13H,2,12H2,1H3. The van der Waals surface area contributed by atoms with Crippen molar-refractivity contribution in [1.29, 1.82) is 0 Å². The molecule has 0 atom stereocenters. The molecule has 0 aliphatic heterocycles. The SMILES string of the molecule is CCOC(=O)C=Cc1ccc(O)c(N)c1. The normalized spacial score (nSPS) is 10.5. The highest BCUT2D eigenvalue weighted by Crippen LogP contribution is 2.20. The summed E-state index contributed by atoms with van der Waals surface area (Å²) >= 11 is 0. The Kier molecular flexibility index (Phi) is 3.74. The van der Waals surface area contributed by atoms with Crippen molar-refractivity contribution in [2.24, 2.45) is 0 Å². The highest BCUT2D eigenvalue weighted by Gasteiger charge is 1.97. The van der Waals surface area contributed by atoms with Gasteiger partial charge in [-0.2, -0.15) is 0 Å². The summed E-state index contributed by atoms with van der Waals surface area (Å²) in [7, 11) is 0. The molecule has 0 aliphatic carbocycles. The number of hydrogen-bond acceptors (Lipinski definition) is 4. The van der Waals surface area contributed by atoms with E-state index < -0.39 is 5.97 Å². The fourth-order valence-electron chi connectivity index (χ4n) is 1.03. The second-order valence-corrected chi connectivity index (χ2v) is 2.90. The summed E-state index contributed by atoms with van der Waals surface area (Å²) in [6, 6.07) is 4.70. The lowest BCUT2D eigenvalue weighted by atomic mass is 10.2. The van der Waals surface area contributed by atoms with Crippen molar-refractivity contribution in [2.45, 2.75) is 6.92 Å². The van der Waals surface area contributed by atoms with Crippen LogP contribution in [0, 0.1) is 0 Å². The molecule has 1 rings (SSSR count). The summed E-state index contributed by atoms with van der Waals surface area (Å²) in [5.41, 5.74) is 6.50. The Balaban J connectivity index is 2.72. The van der Waals surface area contributed by atoms with E-state index in [9.17, 15) is 4.79 Å². The number of ether oxygens (including phenoxy) is 1. The Morgan fingerprint density at radius 1 is 1.60 bits per heavy atom. The molecule has 3 N–H and O–H groups in total. The number of benzene rings is 1. The molecule has 0 radical (unpaired) electrons. The molecule has 80 valence electrons. The molecule has 0 heterocycles. The Morgan fingerprint density at radius 2 is 2.33 bits per heavy atom. The minimum absolute atomic E-state index is 0.0308. The van der Waals surface area contributed by atoms with E-state index in [1.807, 2.05) is 0 Å². The monoisotopic (exact) mass is 207 g/mol. The smallest absolute Gasteiger partial charge is 0.330 e. The van der Waals surface area contributed by atoms with Gasteiger partial charge in [0.2, 0.25) is 0 Å². The number of rotatable bonds is 3. The van der Waals surface area contributed by atoms with Gasteiger partial charge in [0.1, 0.15) is 5.75 Å². The molecule has 0 amide bonds. The molecule has 4 heteroatoms. The quantitative estimate of drug-likeness (QED) is 0.341. The van der Waals surface area contributed by atoms with Gasteiger partial charge in [0.25, 0.3) is 0 Å². The van der Waals surface area contributed by atoms with Crippen LogP contribution in [0.25, 0.3) is 6.08 Å². The number of aromatic hydroxyl groups is 1. The van der Waals surface area contributed by atoms with Crippen molar-refractivity contribution in [3.8, 4) is 5.75 Å². The van der Waals surface area contributed by atoms with Gasteiger partial charge in [-0.25, -0.2) is 4.79 Å². The first-order valence-electron chi connectivity index (χ1n) is 4.57. The van der Waals surface area contributed by atoms with Crippen molar-refractivity contribution in [2.75, 3.05) is 12.3 Å². The molecule has 1 aromatic rings. The van der Waals surface area contributed by atoms with Crippen molar-refractivity contribution < 1.29 is 14.6 Å². The molecular formula is C11H13NO3. The summed E-state index contributed by atoms with van der Waals surface area (Å²) < 4.78 is 4.71. The van der Waals surface area contributed by atoms with E-state index in [-0.39, 0.29) is 11.4 Å². The van der Waals surface area contributed by atoms with Crippen LogP contribution < -0.4 is 5.73 Å². The molecule has 0 spiro atoms. The first kappa shape index (κ1) is 11.1. The predicted molar refractivity (Wildman–Crippen MR) is 58.2 cm³/mol. The third-order valence-corrected chi connectivity index (χ3v) is 1.75. The van der Waals surface area contributed by atoms with Crippen molar-refractivity contribution in [3.05, 3.63) is 29.8 Å². The number of hydrogen-bond donors (Lipinski definition) is 2. The number of anilines is 1. The van der Waals surface area contributed by atoms with Crippen molar-refractivity contribution in [3.63, 3.8) is 0 Å². The van der Waals surface area contributed by atoms with Crippen LogP contribution >= 0.6 is 0 Å². The summed E-state index contributed by atoms with van der Waals surface area (Å²) in [6.07, 6.45) is 2.89. The maximum atomic E-state index is 11.0. The molecule has 0 bridgehead atoms. The Morgan fingerprint density at radius 3 is 2.93 bits per heavy atom. The molecule has 0 unspecified atom stereocenters. The average Bonchev–Trinajstić information content (AvgIpc) is 2.20. The number of carbonyl (C=O) groups excluding carboxylic acids is 1. The predicted octanol–water partition coefficient (Wildman–Crippen LogP) is 1.55. The van der Waals surface area contributed by atoms with Crippen LogP contribution in [0.1, 0.15) is 12.5 Å². The highest BCUT2D eigenvalue weighted by molar-refractivity contribution is 5.87. The van der Waals surface area contributed by atoms with Gasteiger partial charge in [-0.15, -0.1) is 0 Å². The van der Waals surface area contributed by atoms with Gasteiger partial charge in [0.05, 0.1) is 12.3 Å². The topological polar surface area (TPSA) is 72.5 Å². The van der Waals surface area contributed by atoms with Gasteiger partial charge in [0.15, 0.2) is 0 Å². The van der Waals surface area contributed by atoms with Crippen LogP contribution in [0.5, 0.6) is 5.75 Å². The van der Waals surface area contributed by atoms with E-state index in [0.717, 1.165) is 5.56 Å². The average molecular weight is 207 g/mol. The molecule has 15 heavy (non-hydrogen) atoms. The van der Waals surface area contributed by atoms with Gasteiger partial charge in [-0.3, -0.25) is 0 Å². The molecule has 0 aliphatic rings. The van der Waals surface area contributed by atoms with Gasteiger partial charge >= 0.3 is 5.97 Å². The fraction of sp³-hybridized carbons (Fsp3) is 0.182. The van der Waals surface area contributed by atoms with E-state index >= 15 is 0 Å². The van der Waals surface area contributed by atoms with Gasteiger partial charge in [0, 0.05) is 6.08 Å². The zero-order chi connectivity index (χ0) is 11.3. The number of carbonyl (C=O) groups is 1. The van der Waals surface area contributed by atoms with Gasteiger partial charge in [-0.1, -0.05) is 6.07 Å². The largest absolute Gasteiger partial charge is 0.506 e. The number of phenols is 1. The number of nitrogens with two attached hydrogens (primary N) is 1. The minimum Gasteiger partial charge on any atom is -0.506 e. The van der Waals surface area contributed by atoms with Crippen LogP contribution in [0.4, 0.5) is 5.69 Å². The molecule has 1 aromatic carbocycles. The van der Waals surface area contributed by atoms with Crippen LogP contribution in [-0.2, 0) is 9.53 Å². The first-order valence-corrected chi connectivity index (χ1v) is 4.57. The Bertz CT molecular complexity index is 385. The Labute approximate surface area is 88.0 Å². The van der Waals surface area contributed by atoms with E-state index in [4.69, 9.17) is 15.6 Å². The molecule has 0 saturated carbocycles. The zero-order valence-electron chi connectivity index (χ0n) is 8.43. The van der Waals surface area contributed by atoms with E-state index in [1.165, 1.54) is 12.1 Å². The third-order valence-electron chi connectivity index (χ3n) is 1.75.